The molecule has 1 saturated heterocycles. The third kappa shape index (κ3) is 3.98. The SMILES string of the molecule is CN(C[C@@H]1COc2ccccc2O1)C(=O)c1ccc(N2CCOCC2)nc1. The Kier molecular flexibility index (Phi) is 5.11. The monoisotopic (exact) mass is 369 g/mol. The molecule has 1 amide bonds. The Morgan fingerprint density at radius 1 is 1.19 bits per heavy atom. The number of fused-ring (bicyclic) bond motifs is 1. The van der Waals surface area contributed by atoms with E-state index < -0.39 is 0 Å². The van der Waals surface area contributed by atoms with Crippen LogP contribution in [0.4, 0.5) is 5.82 Å². The molecule has 7 heteroatoms. The zero-order valence-electron chi connectivity index (χ0n) is 15.3. The van der Waals surface area contributed by atoms with Crippen molar-refractivity contribution in [1.29, 1.82) is 0 Å². The van der Waals surface area contributed by atoms with E-state index in [0.29, 0.717) is 37.7 Å². The molecule has 1 aromatic heterocycles. The number of nitrogens with zero attached hydrogens (tertiary/aromatic N) is 3. The molecule has 27 heavy (non-hydrogen) atoms. The second-order valence-electron chi connectivity index (χ2n) is 6.69. The van der Waals surface area contributed by atoms with Gasteiger partial charge < -0.3 is 24.0 Å². The summed E-state index contributed by atoms with van der Waals surface area (Å²) in [5.41, 5.74) is 0.562. The molecule has 1 fully saturated rings. The highest BCUT2D eigenvalue weighted by molar-refractivity contribution is 5.94. The number of amides is 1. The van der Waals surface area contributed by atoms with Crippen molar-refractivity contribution in [3.63, 3.8) is 0 Å². The first-order valence-corrected chi connectivity index (χ1v) is 9.13. The molecule has 4 rings (SSSR count). The fourth-order valence-corrected chi connectivity index (χ4v) is 3.25. The molecule has 1 atom stereocenters. The summed E-state index contributed by atoms with van der Waals surface area (Å²) in [7, 11) is 1.77. The number of para-hydroxylation sites is 2. The Hall–Kier alpha value is -2.80. The Morgan fingerprint density at radius 2 is 1.96 bits per heavy atom. The number of rotatable bonds is 4. The first-order valence-electron chi connectivity index (χ1n) is 9.13. The molecule has 0 aliphatic carbocycles. The zero-order valence-corrected chi connectivity index (χ0v) is 15.3. The number of pyridine rings is 1. The Balaban J connectivity index is 1.36. The molecule has 2 aliphatic heterocycles. The molecule has 0 saturated carbocycles. The fraction of sp³-hybridized carbons (Fsp3) is 0.400. The predicted molar refractivity (Wildman–Crippen MR) is 101 cm³/mol. The summed E-state index contributed by atoms with van der Waals surface area (Å²) < 4.78 is 17.0. The number of hydrogen-bond donors (Lipinski definition) is 0. The number of likely N-dealkylation sites (N-methyl/N-ethyl adjacent to an activating group) is 1. The van der Waals surface area contributed by atoms with Crippen molar-refractivity contribution in [2.45, 2.75) is 6.10 Å². The maximum absolute atomic E-state index is 12.7. The lowest BCUT2D eigenvalue weighted by molar-refractivity contribution is 0.0520. The highest BCUT2D eigenvalue weighted by atomic mass is 16.6. The van der Waals surface area contributed by atoms with Crippen LogP contribution in [-0.4, -0.2) is 68.4 Å². The maximum atomic E-state index is 12.7. The predicted octanol–water partition coefficient (Wildman–Crippen LogP) is 1.83. The van der Waals surface area contributed by atoms with E-state index in [1.165, 1.54) is 0 Å². The summed E-state index contributed by atoms with van der Waals surface area (Å²) in [5.74, 6) is 2.24. The van der Waals surface area contributed by atoms with Crippen molar-refractivity contribution >= 4 is 11.7 Å². The lowest BCUT2D eigenvalue weighted by atomic mass is 10.2. The van der Waals surface area contributed by atoms with Crippen molar-refractivity contribution in [1.82, 2.24) is 9.88 Å². The molecule has 142 valence electrons. The minimum atomic E-state index is -0.200. The molecule has 2 aliphatic rings. The molecular formula is C20H23N3O4. The molecular weight excluding hydrogens is 346 g/mol. The zero-order chi connectivity index (χ0) is 18.6. The van der Waals surface area contributed by atoms with Gasteiger partial charge in [-0.1, -0.05) is 12.1 Å². The van der Waals surface area contributed by atoms with Crippen molar-refractivity contribution in [2.24, 2.45) is 0 Å². The van der Waals surface area contributed by atoms with Crippen molar-refractivity contribution in [2.75, 3.05) is 51.4 Å². The van der Waals surface area contributed by atoms with E-state index in [0.717, 1.165) is 24.7 Å². The van der Waals surface area contributed by atoms with Crippen LogP contribution in [0.25, 0.3) is 0 Å². The largest absolute Gasteiger partial charge is 0.486 e. The van der Waals surface area contributed by atoms with Gasteiger partial charge in [0.05, 0.1) is 25.3 Å². The number of anilines is 1. The second kappa shape index (κ2) is 7.84. The standard InChI is InChI=1S/C20H23N3O4/c1-22(13-16-14-26-17-4-2-3-5-18(17)27-16)20(24)15-6-7-19(21-12-15)23-8-10-25-11-9-23/h2-7,12,16H,8-11,13-14H2,1H3/t16-/m1/s1. The van der Waals surface area contributed by atoms with Gasteiger partial charge in [-0.25, -0.2) is 4.98 Å². The van der Waals surface area contributed by atoms with Crippen molar-refractivity contribution in [3.05, 3.63) is 48.2 Å². The van der Waals surface area contributed by atoms with Crippen LogP contribution >= 0.6 is 0 Å². The number of hydrogen-bond acceptors (Lipinski definition) is 6. The summed E-state index contributed by atoms with van der Waals surface area (Å²) in [4.78, 5) is 21.0. The number of morpholine rings is 1. The minimum Gasteiger partial charge on any atom is -0.486 e. The summed E-state index contributed by atoms with van der Waals surface area (Å²) in [6.45, 7) is 3.91. The number of benzene rings is 1. The van der Waals surface area contributed by atoms with E-state index in [1.807, 2.05) is 36.4 Å². The number of aromatic nitrogens is 1. The van der Waals surface area contributed by atoms with Gasteiger partial charge in [-0.05, 0) is 24.3 Å². The smallest absolute Gasteiger partial charge is 0.255 e. The van der Waals surface area contributed by atoms with Crippen LogP contribution < -0.4 is 14.4 Å². The van der Waals surface area contributed by atoms with Gasteiger partial charge in [0.15, 0.2) is 17.6 Å². The topological polar surface area (TPSA) is 64.1 Å². The molecule has 0 unspecified atom stereocenters. The Labute approximate surface area is 158 Å². The summed E-state index contributed by atoms with van der Waals surface area (Å²) >= 11 is 0. The van der Waals surface area contributed by atoms with E-state index in [-0.39, 0.29) is 12.0 Å². The third-order valence-electron chi connectivity index (χ3n) is 4.72. The van der Waals surface area contributed by atoms with Crippen LogP contribution in [0.3, 0.4) is 0 Å². The van der Waals surface area contributed by atoms with Crippen LogP contribution in [0.5, 0.6) is 11.5 Å². The van der Waals surface area contributed by atoms with E-state index in [1.54, 1.807) is 18.1 Å². The van der Waals surface area contributed by atoms with Gasteiger partial charge in [-0.15, -0.1) is 0 Å². The van der Waals surface area contributed by atoms with Crippen LogP contribution in [-0.2, 0) is 4.74 Å². The lowest BCUT2D eigenvalue weighted by Gasteiger charge is -2.30. The van der Waals surface area contributed by atoms with Gasteiger partial charge >= 0.3 is 0 Å². The number of ether oxygens (including phenoxy) is 3. The van der Waals surface area contributed by atoms with E-state index in [2.05, 4.69) is 9.88 Å². The normalized spacial score (nSPS) is 18.9. The highest BCUT2D eigenvalue weighted by Crippen LogP contribution is 2.31. The van der Waals surface area contributed by atoms with E-state index in [9.17, 15) is 4.79 Å². The van der Waals surface area contributed by atoms with Gasteiger partial charge in [0.25, 0.3) is 5.91 Å². The first-order chi connectivity index (χ1) is 13.2. The average Bonchev–Trinajstić information content (AvgIpc) is 2.74. The van der Waals surface area contributed by atoms with Crippen LogP contribution in [0.1, 0.15) is 10.4 Å². The summed E-state index contributed by atoms with van der Waals surface area (Å²) in [6.07, 6.45) is 1.44. The summed E-state index contributed by atoms with van der Waals surface area (Å²) in [6, 6.07) is 11.3. The van der Waals surface area contributed by atoms with Crippen molar-refractivity contribution < 1.29 is 19.0 Å². The second-order valence-corrected chi connectivity index (χ2v) is 6.69. The van der Waals surface area contributed by atoms with Gasteiger partial charge in [0.2, 0.25) is 0 Å². The van der Waals surface area contributed by atoms with Gasteiger partial charge in [-0.2, -0.15) is 0 Å². The highest BCUT2D eigenvalue weighted by Gasteiger charge is 2.24. The molecule has 0 radical (unpaired) electrons. The third-order valence-corrected chi connectivity index (χ3v) is 4.72. The minimum absolute atomic E-state index is 0.0847. The van der Waals surface area contributed by atoms with Crippen LogP contribution in [0, 0.1) is 0 Å². The van der Waals surface area contributed by atoms with Gasteiger partial charge in [-0.3, -0.25) is 4.79 Å². The molecule has 0 bridgehead atoms. The number of carbonyl (C=O) groups is 1. The first kappa shape index (κ1) is 17.6. The molecule has 0 N–H and O–H groups in total. The Bertz CT molecular complexity index is 790. The average molecular weight is 369 g/mol. The fourth-order valence-electron chi connectivity index (χ4n) is 3.25. The molecule has 3 heterocycles. The van der Waals surface area contributed by atoms with E-state index >= 15 is 0 Å². The Morgan fingerprint density at radius 3 is 2.70 bits per heavy atom. The number of carbonyl (C=O) groups excluding carboxylic acids is 1. The van der Waals surface area contributed by atoms with Gasteiger partial charge in [0, 0.05) is 26.3 Å². The molecule has 0 spiro atoms. The summed E-state index contributed by atoms with van der Waals surface area (Å²) in [5, 5.41) is 0. The maximum Gasteiger partial charge on any atom is 0.255 e. The quantitative estimate of drug-likeness (QED) is 0.819. The van der Waals surface area contributed by atoms with Gasteiger partial charge in [0.1, 0.15) is 12.4 Å². The van der Waals surface area contributed by atoms with Crippen LogP contribution in [0.15, 0.2) is 42.6 Å². The van der Waals surface area contributed by atoms with Crippen LogP contribution in [0.2, 0.25) is 0 Å². The molecule has 7 nitrogen and oxygen atoms in total. The van der Waals surface area contributed by atoms with Crippen molar-refractivity contribution in [3.8, 4) is 11.5 Å². The van der Waals surface area contributed by atoms with E-state index in [4.69, 9.17) is 14.2 Å². The molecule has 1 aromatic carbocycles. The molecule has 2 aromatic rings. The lowest BCUT2D eigenvalue weighted by Crippen LogP contribution is -2.41.